The number of nitrogens with two attached hydrogens (primary N) is 1. The number of methoxy groups -OCH3 is 1. The number of carbonyl (C=O) groups excluding carboxylic acids is 1. The zero-order valence-corrected chi connectivity index (χ0v) is 13.8. The summed E-state index contributed by atoms with van der Waals surface area (Å²) in [7, 11) is 2.61. The molecule has 0 unspecified atom stereocenters. The lowest BCUT2D eigenvalue weighted by atomic mass is 9.98. The topological polar surface area (TPSA) is 55.6 Å². The summed E-state index contributed by atoms with van der Waals surface area (Å²) in [5, 5.41) is 0.239. The van der Waals surface area contributed by atoms with Gasteiger partial charge in [-0.05, 0) is 22.9 Å². The first-order chi connectivity index (χ1) is 11.2. The molecule has 0 aliphatic heterocycles. The molecule has 0 saturated carbocycles. The maximum atomic E-state index is 13.4. The normalized spacial score (nSPS) is 11.4. The largest absolute Gasteiger partial charge is 0.496 e. The van der Waals surface area contributed by atoms with Crippen molar-refractivity contribution in [1.82, 2.24) is 4.90 Å². The van der Waals surface area contributed by atoms with Crippen molar-refractivity contribution in [1.29, 1.82) is 0 Å². The van der Waals surface area contributed by atoms with Gasteiger partial charge in [-0.3, -0.25) is 4.79 Å². The number of amides is 1. The minimum Gasteiger partial charge on any atom is -0.496 e. The van der Waals surface area contributed by atoms with Crippen molar-refractivity contribution in [2.45, 2.75) is 6.18 Å². The molecule has 0 saturated heterocycles. The monoisotopic (exact) mass is 356 g/mol. The van der Waals surface area contributed by atoms with E-state index < -0.39 is 17.6 Å². The molecule has 0 bridgehead atoms. The first-order valence-electron chi connectivity index (χ1n) is 6.90. The molecule has 128 valence electrons. The van der Waals surface area contributed by atoms with Gasteiger partial charge in [-0.1, -0.05) is 30.4 Å². The van der Waals surface area contributed by atoms with E-state index in [1.54, 1.807) is 6.07 Å². The molecule has 0 radical (unpaired) electrons. The Labute approximate surface area is 142 Å². The summed E-state index contributed by atoms with van der Waals surface area (Å²) < 4.78 is 45.2. The lowest BCUT2D eigenvalue weighted by Crippen LogP contribution is -2.37. The fraction of sp³-hybridized carbons (Fsp3) is 0.250. The maximum absolute atomic E-state index is 13.4. The van der Waals surface area contributed by atoms with Gasteiger partial charge in [0.25, 0.3) is 0 Å². The van der Waals surface area contributed by atoms with Crippen LogP contribution in [-0.4, -0.2) is 36.5 Å². The lowest BCUT2D eigenvalue weighted by molar-refractivity contribution is -0.137. The van der Waals surface area contributed by atoms with Crippen LogP contribution in [0.1, 0.15) is 11.1 Å². The van der Waals surface area contributed by atoms with Gasteiger partial charge >= 0.3 is 6.18 Å². The van der Waals surface area contributed by atoms with Crippen LogP contribution in [0.3, 0.4) is 0 Å². The van der Waals surface area contributed by atoms with E-state index in [4.69, 9.17) is 22.7 Å². The van der Waals surface area contributed by atoms with Crippen molar-refractivity contribution < 1.29 is 22.7 Å². The average Bonchev–Trinajstić information content (AvgIpc) is 2.56. The van der Waals surface area contributed by atoms with Crippen molar-refractivity contribution in [2.75, 3.05) is 20.7 Å². The van der Waals surface area contributed by atoms with E-state index >= 15 is 0 Å². The number of nitrogens with zero attached hydrogens (tertiary/aromatic N) is 1. The second-order valence-electron chi connectivity index (χ2n) is 5.00. The van der Waals surface area contributed by atoms with Crippen LogP contribution in [-0.2, 0) is 11.0 Å². The van der Waals surface area contributed by atoms with Crippen LogP contribution in [0.15, 0.2) is 30.3 Å². The zero-order chi connectivity index (χ0) is 18.1. The minimum atomic E-state index is -4.59. The second-order valence-corrected chi connectivity index (χ2v) is 5.39. The number of hydrogen-bond donors (Lipinski definition) is 1. The van der Waals surface area contributed by atoms with Gasteiger partial charge in [-0.25, -0.2) is 0 Å². The van der Waals surface area contributed by atoms with Gasteiger partial charge in [0.15, 0.2) is 0 Å². The highest BCUT2D eigenvalue weighted by molar-refractivity contribution is 7.80. The first-order valence-corrected chi connectivity index (χ1v) is 7.31. The first kappa shape index (κ1) is 18.2. The molecule has 24 heavy (non-hydrogen) atoms. The molecule has 8 heteroatoms. The minimum absolute atomic E-state index is 0.0460. The summed E-state index contributed by atoms with van der Waals surface area (Å²) in [4.78, 5) is 13.0. The summed E-state index contributed by atoms with van der Waals surface area (Å²) in [6.07, 6.45) is -4.59. The van der Waals surface area contributed by atoms with Crippen LogP contribution in [0.4, 0.5) is 13.2 Å². The maximum Gasteiger partial charge on any atom is 0.420 e. The summed E-state index contributed by atoms with van der Waals surface area (Å²) in [6.45, 7) is -0.247. The molecule has 1 amide bonds. The molecule has 2 aromatic carbocycles. The van der Waals surface area contributed by atoms with Gasteiger partial charge in [-0.15, -0.1) is 0 Å². The number of hydrogen-bond acceptors (Lipinski definition) is 4. The number of halogens is 3. The molecule has 0 spiro atoms. The third-order valence-corrected chi connectivity index (χ3v) is 4.10. The second kappa shape index (κ2) is 6.74. The van der Waals surface area contributed by atoms with Gasteiger partial charge in [0.1, 0.15) is 16.3 Å². The Morgan fingerprint density at radius 1 is 1.25 bits per heavy atom. The predicted molar refractivity (Wildman–Crippen MR) is 89.0 cm³/mol. The summed E-state index contributed by atoms with van der Waals surface area (Å²) in [6, 6.07) is 7.10. The predicted octanol–water partition coefficient (Wildman–Crippen LogP) is 2.96. The Bertz CT molecular complexity index is 806. The van der Waals surface area contributed by atoms with E-state index in [9.17, 15) is 18.0 Å². The number of alkyl halides is 3. The van der Waals surface area contributed by atoms with Crippen molar-refractivity contribution >= 4 is 33.9 Å². The van der Waals surface area contributed by atoms with Crippen LogP contribution in [0.2, 0.25) is 0 Å². The van der Waals surface area contributed by atoms with Gasteiger partial charge in [-0.2, -0.15) is 13.2 Å². The van der Waals surface area contributed by atoms with Gasteiger partial charge in [0.05, 0.1) is 13.7 Å². The molecule has 2 aromatic rings. The van der Waals surface area contributed by atoms with E-state index in [-0.39, 0.29) is 28.1 Å². The number of benzene rings is 2. The molecule has 0 fully saturated rings. The molecule has 2 rings (SSSR count). The number of fused-ring (bicyclic) bond motifs is 1. The van der Waals surface area contributed by atoms with E-state index in [2.05, 4.69) is 0 Å². The Morgan fingerprint density at radius 2 is 1.92 bits per heavy atom. The third-order valence-electron chi connectivity index (χ3n) is 3.61. The number of carbonyl (C=O) groups is 1. The van der Waals surface area contributed by atoms with E-state index in [0.29, 0.717) is 5.56 Å². The highest BCUT2D eigenvalue weighted by Gasteiger charge is 2.36. The number of likely N-dealkylation sites (N-methyl/N-ethyl adjacent to an activating group) is 1. The van der Waals surface area contributed by atoms with Crippen molar-refractivity contribution in [3.8, 4) is 5.75 Å². The fourth-order valence-electron chi connectivity index (χ4n) is 2.42. The van der Waals surface area contributed by atoms with Crippen molar-refractivity contribution in [2.24, 2.45) is 5.73 Å². The molecule has 0 aliphatic rings. The number of rotatable bonds is 3. The Hall–Kier alpha value is -2.19. The van der Waals surface area contributed by atoms with Crippen LogP contribution >= 0.6 is 12.2 Å². The molecule has 2 N–H and O–H groups in total. The quantitative estimate of drug-likeness (QED) is 0.859. The molecule has 0 atom stereocenters. The summed E-state index contributed by atoms with van der Waals surface area (Å²) >= 11 is 5.25. The number of ether oxygens (including phenoxy) is 1. The zero-order valence-electron chi connectivity index (χ0n) is 13.0. The summed E-state index contributed by atoms with van der Waals surface area (Å²) in [5.74, 6) is -0.703. The van der Waals surface area contributed by atoms with E-state index in [1.165, 1.54) is 38.4 Å². The standard InChI is InChI=1S/C16H15F3N2O2S/c1-21(13(22)8-20)15(24)11-5-3-4-10-9(11)6-7-12(23-2)14(10)16(17,18)19/h3-7H,8,20H2,1-2H3. The Kier molecular flexibility index (Phi) is 5.10. The number of thiocarbonyl (C=S) groups is 1. The van der Waals surface area contributed by atoms with Crippen LogP contribution in [0.25, 0.3) is 10.8 Å². The third kappa shape index (κ3) is 3.20. The molecular formula is C16H15F3N2O2S. The van der Waals surface area contributed by atoms with Crippen LogP contribution in [0.5, 0.6) is 5.75 Å². The average molecular weight is 356 g/mol. The van der Waals surface area contributed by atoms with Gasteiger partial charge in [0.2, 0.25) is 5.91 Å². The smallest absolute Gasteiger partial charge is 0.420 e. The fourth-order valence-corrected chi connectivity index (χ4v) is 2.70. The highest BCUT2D eigenvalue weighted by Crippen LogP contribution is 2.41. The SMILES string of the molecule is COc1ccc2c(C(=S)N(C)C(=O)CN)cccc2c1C(F)(F)F. The van der Waals surface area contributed by atoms with E-state index in [0.717, 1.165) is 4.90 Å². The molecule has 4 nitrogen and oxygen atoms in total. The van der Waals surface area contributed by atoms with Crippen LogP contribution in [0, 0.1) is 0 Å². The van der Waals surface area contributed by atoms with Gasteiger partial charge < -0.3 is 15.4 Å². The van der Waals surface area contributed by atoms with Gasteiger partial charge in [0, 0.05) is 12.6 Å². The Balaban J connectivity index is 2.72. The molecular weight excluding hydrogens is 341 g/mol. The molecule has 0 aliphatic carbocycles. The highest BCUT2D eigenvalue weighted by atomic mass is 32.1. The Morgan fingerprint density at radius 3 is 2.46 bits per heavy atom. The summed E-state index contributed by atoms with van der Waals surface area (Å²) in [5.41, 5.74) is 4.78. The molecule has 0 heterocycles. The lowest BCUT2D eigenvalue weighted by Gasteiger charge is -2.20. The van der Waals surface area contributed by atoms with E-state index in [1.807, 2.05) is 0 Å². The molecule has 0 aromatic heterocycles. The van der Waals surface area contributed by atoms with Crippen molar-refractivity contribution in [3.05, 3.63) is 41.5 Å². The van der Waals surface area contributed by atoms with Crippen molar-refractivity contribution in [3.63, 3.8) is 0 Å². The van der Waals surface area contributed by atoms with Crippen LogP contribution < -0.4 is 10.5 Å².